The second-order valence-electron chi connectivity index (χ2n) is 6.91. The number of piperidine rings is 1. The van der Waals surface area contributed by atoms with E-state index in [-0.39, 0.29) is 53.6 Å². The Morgan fingerprint density at radius 2 is 1.89 bits per heavy atom. The van der Waals surface area contributed by atoms with E-state index in [4.69, 9.17) is 4.74 Å². The first kappa shape index (κ1) is 22.6. The zero-order valence-corrected chi connectivity index (χ0v) is 18.4. The average molecular weight is 508 g/mol. The van der Waals surface area contributed by atoms with Gasteiger partial charge in [-0.3, -0.25) is 4.99 Å². The lowest BCUT2D eigenvalue weighted by atomic mass is 10.1. The first-order valence-electron chi connectivity index (χ1n) is 9.39. The molecule has 0 aromatic heterocycles. The molecule has 0 radical (unpaired) electrons. The van der Waals surface area contributed by atoms with Gasteiger partial charge in [-0.1, -0.05) is 6.07 Å². The van der Waals surface area contributed by atoms with E-state index in [9.17, 15) is 13.6 Å². The molecule has 1 amide bonds. The summed E-state index contributed by atoms with van der Waals surface area (Å²) in [5.41, 5.74) is 0.146. The van der Waals surface area contributed by atoms with Gasteiger partial charge in [-0.2, -0.15) is 0 Å². The standard InChI is InChI=1S/C19H26F2N4O2.HI/c1-3-27-19(26)25-9-7-12(8-10-25)23-18(22-2)24-16-11-13(16)17-14(20)5-4-6-15(17)21;/h4-6,12-13,16H,3,7-11H2,1-2H3,(H2,22,23,24);1H. The molecule has 3 rings (SSSR count). The molecule has 2 fully saturated rings. The first-order chi connectivity index (χ1) is 13.0. The zero-order valence-electron chi connectivity index (χ0n) is 16.1. The van der Waals surface area contributed by atoms with Crippen LogP contribution in [0.3, 0.4) is 0 Å². The van der Waals surface area contributed by atoms with Gasteiger partial charge in [0.1, 0.15) is 11.6 Å². The minimum absolute atomic E-state index is 0. The smallest absolute Gasteiger partial charge is 0.409 e. The van der Waals surface area contributed by atoms with Crippen LogP contribution in [0.2, 0.25) is 0 Å². The molecule has 2 unspecified atom stereocenters. The Morgan fingerprint density at radius 1 is 1.25 bits per heavy atom. The number of benzene rings is 1. The highest BCUT2D eigenvalue weighted by atomic mass is 127. The topological polar surface area (TPSA) is 66.0 Å². The number of halogens is 3. The van der Waals surface area contributed by atoms with Crippen LogP contribution in [0.4, 0.5) is 13.6 Å². The van der Waals surface area contributed by atoms with Gasteiger partial charge in [-0.15, -0.1) is 24.0 Å². The maximum absolute atomic E-state index is 13.9. The number of hydrogen-bond donors (Lipinski definition) is 2. The monoisotopic (exact) mass is 508 g/mol. The van der Waals surface area contributed by atoms with Crippen LogP contribution in [0.15, 0.2) is 23.2 Å². The summed E-state index contributed by atoms with van der Waals surface area (Å²) in [6.07, 6.45) is 1.97. The third-order valence-electron chi connectivity index (χ3n) is 5.07. The number of hydrogen-bond acceptors (Lipinski definition) is 3. The summed E-state index contributed by atoms with van der Waals surface area (Å²) in [6, 6.07) is 4.10. The van der Waals surface area contributed by atoms with E-state index in [1.54, 1.807) is 18.9 Å². The second kappa shape index (κ2) is 10.2. The number of aliphatic imine (C=N–C) groups is 1. The van der Waals surface area contributed by atoms with Crippen molar-refractivity contribution in [2.75, 3.05) is 26.7 Å². The summed E-state index contributed by atoms with van der Waals surface area (Å²) < 4.78 is 32.8. The Kier molecular flexibility index (Phi) is 8.26. The van der Waals surface area contributed by atoms with Gasteiger partial charge < -0.3 is 20.3 Å². The van der Waals surface area contributed by atoms with Crippen molar-refractivity contribution in [3.63, 3.8) is 0 Å². The van der Waals surface area contributed by atoms with E-state index in [2.05, 4.69) is 15.6 Å². The van der Waals surface area contributed by atoms with Crippen molar-refractivity contribution in [3.8, 4) is 0 Å². The number of likely N-dealkylation sites (tertiary alicyclic amines) is 1. The summed E-state index contributed by atoms with van der Waals surface area (Å²) in [5, 5.41) is 6.59. The molecule has 0 spiro atoms. The molecule has 1 saturated heterocycles. The molecule has 0 bridgehead atoms. The molecule has 156 valence electrons. The van der Waals surface area contributed by atoms with Crippen LogP contribution >= 0.6 is 24.0 Å². The van der Waals surface area contributed by atoms with Crippen LogP contribution in [0.1, 0.15) is 37.7 Å². The van der Waals surface area contributed by atoms with E-state index in [0.29, 0.717) is 32.1 Å². The fourth-order valence-corrected chi connectivity index (χ4v) is 3.50. The van der Waals surface area contributed by atoms with Crippen LogP contribution in [0.25, 0.3) is 0 Å². The molecular weight excluding hydrogens is 481 g/mol. The van der Waals surface area contributed by atoms with E-state index in [0.717, 1.165) is 12.8 Å². The number of carbonyl (C=O) groups is 1. The van der Waals surface area contributed by atoms with Gasteiger partial charge in [0.05, 0.1) is 6.61 Å². The lowest BCUT2D eigenvalue weighted by Crippen LogP contribution is -2.50. The van der Waals surface area contributed by atoms with Crippen LogP contribution < -0.4 is 10.6 Å². The van der Waals surface area contributed by atoms with Gasteiger partial charge in [-0.05, 0) is 38.3 Å². The highest BCUT2D eigenvalue weighted by Crippen LogP contribution is 2.43. The van der Waals surface area contributed by atoms with Crippen LogP contribution in [-0.2, 0) is 4.74 Å². The van der Waals surface area contributed by atoms with Crippen LogP contribution in [-0.4, -0.2) is 55.8 Å². The molecule has 28 heavy (non-hydrogen) atoms. The maximum atomic E-state index is 13.9. The number of rotatable bonds is 4. The SMILES string of the molecule is CCOC(=O)N1CCC(NC(=NC)NC2CC2c2c(F)cccc2F)CC1.I. The van der Waals surface area contributed by atoms with Crippen molar-refractivity contribution in [1.82, 2.24) is 15.5 Å². The molecular formula is C19H27F2IN4O2. The molecule has 9 heteroatoms. The number of amides is 1. The summed E-state index contributed by atoms with van der Waals surface area (Å²) in [6.45, 7) is 3.42. The van der Waals surface area contributed by atoms with Gasteiger partial charge in [-0.25, -0.2) is 13.6 Å². The normalized spacial score (nSPS) is 22.3. The van der Waals surface area contributed by atoms with Gasteiger partial charge in [0.2, 0.25) is 0 Å². The van der Waals surface area contributed by atoms with E-state index >= 15 is 0 Å². The van der Waals surface area contributed by atoms with Crippen molar-refractivity contribution >= 4 is 36.0 Å². The Bertz CT molecular complexity index is 691. The lowest BCUT2D eigenvalue weighted by molar-refractivity contribution is 0.0963. The minimum atomic E-state index is -0.501. The fraction of sp³-hybridized carbons (Fsp3) is 0.579. The van der Waals surface area contributed by atoms with E-state index in [1.807, 2.05) is 0 Å². The maximum Gasteiger partial charge on any atom is 0.409 e. The molecule has 2 N–H and O–H groups in total. The minimum Gasteiger partial charge on any atom is -0.450 e. The predicted octanol–water partition coefficient (Wildman–Crippen LogP) is 3.22. The summed E-state index contributed by atoms with van der Waals surface area (Å²) >= 11 is 0. The van der Waals surface area contributed by atoms with Crippen molar-refractivity contribution in [1.29, 1.82) is 0 Å². The molecule has 1 saturated carbocycles. The highest BCUT2D eigenvalue weighted by molar-refractivity contribution is 14.0. The number of guanidine groups is 1. The third-order valence-corrected chi connectivity index (χ3v) is 5.07. The van der Waals surface area contributed by atoms with Gasteiger partial charge in [0, 0.05) is 43.7 Å². The van der Waals surface area contributed by atoms with Crippen molar-refractivity contribution in [3.05, 3.63) is 35.4 Å². The number of carbonyl (C=O) groups excluding carboxylic acids is 1. The Hall–Kier alpha value is -1.65. The summed E-state index contributed by atoms with van der Waals surface area (Å²) in [7, 11) is 1.67. The van der Waals surface area contributed by atoms with Crippen LogP contribution in [0.5, 0.6) is 0 Å². The van der Waals surface area contributed by atoms with E-state index in [1.165, 1.54) is 18.2 Å². The first-order valence-corrected chi connectivity index (χ1v) is 9.39. The summed E-state index contributed by atoms with van der Waals surface area (Å²) in [5.74, 6) is -0.568. The lowest BCUT2D eigenvalue weighted by Gasteiger charge is -2.32. The summed E-state index contributed by atoms with van der Waals surface area (Å²) in [4.78, 5) is 17.7. The largest absolute Gasteiger partial charge is 0.450 e. The van der Waals surface area contributed by atoms with Gasteiger partial charge in [0.15, 0.2) is 5.96 Å². The van der Waals surface area contributed by atoms with Gasteiger partial charge in [0.25, 0.3) is 0 Å². The molecule has 1 aliphatic carbocycles. The Balaban J connectivity index is 0.00000280. The zero-order chi connectivity index (χ0) is 19.4. The molecule has 1 aromatic rings. The van der Waals surface area contributed by atoms with Crippen molar-refractivity contribution in [2.45, 2.75) is 44.2 Å². The number of ether oxygens (including phenoxy) is 1. The number of nitrogens with zero attached hydrogens (tertiary/aromatic N) is 2. The molecule has 1 aliphatic heterocycles. The molecule has 2 atom stereocenters. The second-order valence-corrected chi connectivity index (χ2v) is 6.91. The van der Waals surface area contributed by atoms with Crippen molar-refractivity contribution in [2.24, 2.45) is 4.99 Å². The average Bonchev–Trinajstić information content (AvgIpc) is 3.40. The molecule has 1 heterocycles. The fourth-order valence-electron chi connectivity index (χ4n) is 3.50. The van der Waals surface area contributed by atoms with Crippen molar-refractivity contribution < 1.29 is 18.3 Å². The Morgan fingerprint density at radius 3 is 2.46 bits per heavy atom. The third kappa shape index (κ3) is 5.45. The highest BCUT2D eigenvalue weighted by Gasteiger charge is 2.42. The molecule has 2 aliphatic rings. The Labute approximate surface area is 181 Å². The van der Waals surface area contributed by atoms with Gasteiger partial charge >= 0.3 is 6.09 Å². The predicted molar refractivity (Wildman–Crippen MR) is 114 cm³/mol. The van der Waals surface area contributed by atoms with Crippen LogP contribution in [0, 0.1) is 11.6 Å². The quantitative estimate of drug-likeness (QED) is 0.373. The molecule has 6 nitrogen and oxygen atoms in total. The van der Waals surface area contributed by atoms with E-state index < -0.39 is 11.6 Å². The number of nitrogens with one attached hydrogen (secondary N) is 2. The molecule has 1 aromatic carbocycles.